The van der Waals surface area contributed by atoms with E-state index in [4.69, 9.17) is 0 Å². The highest BCUT2D eigenvalue weighted by Gasteiger charge is 2.45. The summed E-state index contributed by atoms with van der Waals surface area (Å²) >= 11 is 0. The second-order valence-electron chi connectivity index (χ2n) is 6.76. The average Bonchev–Trinajstić information content (AvgIpc) is 3.05. The lowest BCUT2D eigenvalue weighted by molar-refractivity contribution is -0.140. The van der Waals surface area contributed by atoms with Gasteiger partial charge in [0.1, 0.15) is 6.04 Å². The third-order valence-corrected chi connectivity index (χ3v) is 4.70. The fourth-order valence-corrected chi connectivity index (χ4v) is 3.16. The van der Waals surface area contributed by atoms with Gasteiger partial charge in [0, 0.05) is 12.0 Å². The van der Waals surface area contributed by atoms with E-state index in [2.05, 4.69) is 5.43 Å². The largest absolute Gasteiger partial charge is 0.416 e. The van der Waals surface area contributed by atoms with Gasteiger partial charge in [-0.3, -0.25) is 24.6 Å². The lowest BCUT2D eigenvalue weighted by atomic mass is 10.2. The Balaban J connectivity index is 1.89. The summed E-state index contributed by atoms with van der Waals surface area (Å²) in [6.07, 6.45) is -5.21. The van der Waals surface area contributed by atoms with E-state index < -0.39 is 47.8 Å². The minimum atomic E-state index is -4.66. The summed E-state index contributed by atoms with van der Waals surface area (Å²) in [6, 6.07) is 10.3. The van der Waals surface area contributed by atoms with Crippen LogP contribution < -0.4 is 10.3 Å². The van der Waals surface area contributed by atoms with Gasteiger partial charge in [-0.05, 0) is 30.3 Å². The molecule has 1 atom stereocenters. The van der Waals surface area contributed by atoms with Gasteiger partial charge in [-0.15, -0.1) is 0 Å². The lowest BCUT2D eigenvalue weighted by Gasteiger charge is -2.27. The third kappa shape index (κ3) is 4.57. The van der Waals surface area contributed by atoms with Crippen molar-refractivity contribution in [1.29, 1.82) is 0 Å². The van der Waals surface area contributed by atoms with Crippen molar-refractivity contribution in [3.8, 4) is 0 Å². The fraction of sp³-hybridized carbons (Fsp3) is 0.238. The number of alkyl halides is 3. The molecule has 0 aromatic heterocycles. The monoisotopic (exact) mass is 433 g/mol. The highest BCUT2D eigenvalue weighted by Crippen LogP contribution is 2.33. The van der Waals surface area contributed by atoms with Gasteiger partial charge in [0.05, 0.1) is 17.7 Å². The van der Waals surface area contributed by atoms with Crippen molar-refractivity contribution in [2.24, 2.45) is 0 Å². The first kappa shape index (κ1) is 22.0. The zero-order valence-corrected chi connectivity index (χ0v) is 16.3. The molecule has 10 heteroatoms. The molecule has 0 saturated carbocycles. The molecule has 2 aromatic carbocycles. The number of rotatable bonds is 4. The molecule has 1 heterocycles. The summed E-state index contributed by atoms with van der Waals surface area (Å²) < 4.78 is 39.1. The second-order valence-corrected chi connectivity index (χ2v) is 6.76. The fourth-order valence-electron chi connectivity index (χ4n) is 3.16. The molecule has 4 amide bonds. The van der Waals surface area contributed by atoms with Crippen LogP contribution in [0.5, 0.6) is 0 Å². The SMILES string of the molecule is CCC(=O)N(NC(=O)c1ccccc1)[C@@H]1CC(=O)N(c2cccc(C(F)(F)F)c2)C1=O. The van der Waals surface area contributed by atoms with Gasteiger partial charge in [0.15, 0.2) is 0 Å². The number of nitrogens with one attached hydrogen (secondary N) is 1. The van der Waals surface area contributed by atoms with Gasteiger partial charge in [-0.25, -0.2) is 9.91 Å². The second kappa shape index (κ2) is 8.58. The van der Waals surface area contributed by atoms with E-state index in [0.717, 1.165) is 17.1 Å². The number of hydrogen-bond donors (Lipinski definition) is 1. The van der Waals surface area contributed by atoms with Crippen molar-refractivity contribution in [3.63, 3.8) is 0 Å². The van der Waals surface area contributed by atoms with Crippen LogP contribution in [-0.4, -0.2) is 34.7 Å². The molecule has 0 radical (unpaired) electrons. The number of benzene rings is 2. The number of imide groups is 1. The van der Waals surface area contributed by atoms with Gasteiger partial charge < -0.3 is 0 Å². The quantitative estimate of drug-likeness (QED) is 0.594. The molecule has 7 nitrogen and oxygen atoms in total. The number of halogens is 3. The molecule has 0 bridgehead atoms. The molecule has 1 aliphatic rings. The van der Waals surface area contributed by atoms with E-state index in [0.29, 0.717) is 11.0 Å². The zero-order valence-electron chi connectivity index (χ0n) is 16.3. The third-order valence-electron chi connectivity index (χ3n) is 4.70. The first-order valence-corrected chi connectivity index (χ1v) is 9.35. The maximum Gasteiger partial charge on any atom is 0.416 e. The molecule has 0 spiro atoms. The van der Waals surface area contributed by atoms with Crippen LogP contribution in [0.1, 0.15) is 35.7 Å². The van der Waals surface area contributed by atoms with E-state index >= 15 is 0 Å². The number of anilines is 1. The topological polar surface area (TPSA) is 86.8 Å². The first-order chi connectivity index (χ1) is 14.6. The summed E-state index contributed by atoms with van der Waals surface area (Å²) in [5.41, 5.74) is 1.30. The molecule has 162 valence electrons. The Labute approximate surface area is 175 Å². The average molecular weight is 433 g/mol. The molecule has 1 saturated heterocycles. The number of amides is 4. The lowest BCUT2D eigenvalue weighted by Crippen LogP contribution is -2.54. The molecule has 0 unspecified atom stereocenters. The van der Waals surface area contributed by atoms with Crippen LogP contribution in [0.25, 0.3) is 0 Å². The number of carbonyl (C=O) groups is 4. The van der Waals surface area contributed by atoms with Gasteiger partial charge in [0.25, 0.3) is 11.8 Å². The highest BCUT2D eigenvalue weighted by atomic mass is 19.4. The summed E-state index contributed by atoms with van der Waals surface area (Å²) in [5.74, 6) is -2.97. The summed E-state index contributed by atoms with van der Waals surface area (Å²) in [5, 5.41) is 0.781. The van der Waals surface area contributed by atoms with E-state index in [1.165, 1.54) is 25.1 Å². The minimum Gasteiger partial charge on any atom is -0.274 e. The minimum absolute atomic E-state index is 0.0728. The van der Waals surface area contributed by atoms with Gasteiger partial charge in [0.2, 0.25) is 11.8 Å². The Hall–Kier alpha value is -3.69. The van der Waals surface area contributed by atoms with Crippen LogP contribution in [0.3, 0.4) is 0 Å². The number of nitrogens with zero attached hydrogens (tertiary/aromatic N) is 2. The maximum atomic E-state index is 13.0. The molecular weight excluding hydrogens is 415 g/mol. The number of hydrogen-bond acceptors (Lipinski definition) is 4. The predicted molar refractivity (Wildman–Crippen MR) is 103 cm³/mol. The molecule has 2 aromatic rings. The maximum absolute atomic E-state index is 13.0. The number of carbonyl (C=O) groups excluding carboxylic acids is 4. The molecule has 1 N–H and O–H groups in total. The van der Waals surface area contributed by atoms with Gasteiger partial charge in [-0.1, -0.05) is 31.2 Å². The Kier molecular flexibility index (Phi) is 6.09. The van der Waals surface area contributed by atoms with E-state index in [-0.39, 0.29) is 17.7 Å². The van der Waals surface area contributed by atoms with Gasteiger partial charge >= 0.3 is 6.18 Å². The Morgan fingerprint density at radius 1 is 1.10 bits per heavy atom. The van der Waals surface area contributed by atoms with Crippen molar-refractivity contribution in [2.75, 3.05) is 4.90 Å². The Morgan fingerprint density at radius 3 is 2.39 bits per heavy atom. The molecular formula is C21H18F3N3O4. The van der Waals surface area contributed by atoms with Crippen LogP contribution in [0, 0.1) is 0 Å². The molecule has 1 aliphatic heterocycles. The molecule has 0 aliphatic carbocycles. The highest BCUT2D eigenvalue weighted by molar-refractivity contribution is 6.23. The van der Waals surface area contributed by atoms with Crippen molar-refractivity contribution in [2.45, 2.75) is 32.0 Å². The Bertz CT molecular complexity index is 1020. The normalized spacial score (nSPS) is 16.4. The van der Waals surface area contributed by atoms with Crippen LogP contribution in [-0.2, 0) is 20.6 Å². The van der Waals surface area contributed by atoms with E-state index in [9.17, 15) is 32.3 Å². The first-order valence-electron chi connectivity index (χ1n) is 9.35. The number of hydrazine groups is 1. The van der Waals surface area contributed by atoms with Crippen molar-refractivity contribution < 1.29 is 32.3 Å². The van der Waals surface area contributed by atoms with Crippen LogP contribution in [0.2, 0.25) is 0 Å². The van der Waals surface area contributed by atoms with E-state index in [1.54, 1.807) is 18.2 Å². The van der Waals surface area contributed by atoms with E-state index in [1.807, 2.05) is 0 Å². The zero-order chi connectivity index (χ0) is 22.8. The van der Waals surface area contributed by atoms with Gasteiger partial charge in [-0.2, -0.15) is 13.2 Å². The van der Waals surface area contributed by atoms with Crippen LogP contribution >= 0.6 is 0 Å². The molecule has 1 fully saturated rings. The summed E-state index contributed by atoms with van der Waals surface area (Å²) in [7, 11) is 0. The molecule has 3 rings (SSSR count). The summed E-state index contributed by atoms with van der Waals surface area (Å²) in [6.45, 7) is 1.51. The smallest absolute Gasteiger partial charge is 0.274 e. The van der Waals surface area contributed by atoms with Crippen molar-refractivity contribution in [3.05, 3.63) is 65.7 Å². The van der Waals surface area contributed by atoms with Crippen molar-refractivity contribution >= 4 is 29.3 Å². The summed E-state index contributed by atoms with van der Waals surface area (Å²) in [4.78, 5) is 51.0. The predicted octanol–water partition coefficient (Wildman–Crippen LogP) is 2.92. The molecule has 31 heavy (non-hydrogen) atoms. The standard InChI is InChI=1S/C21H18F3N3O4/c1-2-17(28)27(25-19(30)13-7-4-3-5-8-13)16-12-18(29)26(20(16)31)15-10-6-9-14(11-15)21(22,23)24/h3-11,16H,2,12H2,1H3,(H,25,30)/t16-/m1/s1. The van der Waals surface area contributed by atoms with Crippen LogP contribution in [0.4, 0.5) is 18.9 Å². The Morgan fingerprint density at radius 2 is 1.77 bits per heavy atom. The van der Waals surface area contributed by atoms with Crippen LogP contribution in [0.15, 0.2) is 54.6 Å². The van der Waals surface area contributed by atoms with Crippen molar-refractivity contribution in [1.82, 2.24) is 10.4 Å².